The summed E-state index contributed by atoms with van der Waals surface area (Å²) in [5.74, 6) is 0. The third-order valence-corrected chi connectivity index (χ3v) is 2.13. The minimum Gasteiger partial charge on any atom is -0.371 e. The van der Waals surface area contributed by atoms with Crippen LogP contribution in [0.3, 0.4) is 0 Å². The van der Waals surface area contributed by atoms with Gasteiger partial charge in [-0.2, -0.15) is 13.2 Å². The van der Waals surface area contributed by atoms with E-state index in [1.807, 2.05) is 0 Å². The van der Waals surface area contributed by atoms with Crippen LogP contribution in [0.4, 0.5) is 13.2 Å². The number of rotatable bonds is 2. The molecule has 6 heteroatoms. The van der Waals surface area contributed by atoms with Gasteiger partial charge in [-0.3, -0.25) is 4.79 Å². The Labute approximate surface area is 83.1 Å². The number of ether oxygens (including phenoxy) is 1. The Bertz CT molecular complexity index is 420. The van der Waals surface area contributed by atoms with Gasteiger partial charge in [0.25, 0.3) is 5.56 Å². The highest BCUT2D eigenvalue weighted by molar-refractivity contribution is 5.10. The summed E-state index contributed by atoms with van der Waals surface area (Å²) in [4.78, 5) is 11.3. The van der Waals surface area contributed by atoms with Gasteiger partial charge in [-0.15, -0.1) is 0 Å². The van der Waals surface area contributed by atoms with Crippen molar-refractivity contribution in [3.8, 4) is 0 Å². The van der Waals surface area contributed by atoms with Gasteiger partial charge in [0, 0.05) is 6.07 Å². The quantitative estimate of drug-likeness (QED) is 0.702. The van der Waals surface area contributed by atoms with E-state index in [4.69, 9.17) is 4.74 Å². The molecule has 0 unspecified atom stereocenters. The summed E-state index contributed by atoms with van der Waals surface area (Å²) in [5.41, 5.74) is -1.58. The molecule has 1 atom stereocenters. The first-order valence-electron chi connectivity index (χ1n) is 4.37. The van der Waals surface area contributed by atoms with Crippen molar-refractivity contribution in [1.82, 2.24) is 4.57 Å². The maximum Gasteiger partial charge on any atom is 0.431 e. The van der Waals surface area contributed by atoms with E-state index in [-0.39, 0.29) is 12.6 Å². The van der Waals surface area contributed by atoms with Crippen LogP contribution in [0.5, 0.6) is 0 Å². The van der Waals surface area contributed by atoms with E-state index < -0.39 is 17.4 Å². The SMILES string of the molecule is O=c1cccc(C(F)(F)F)n1C[C@H]1CO1. The van der Waals surface area contributed by atoms with E-state index in [0.717, 1.165) is 18.2 Å². The molecule has 0 N–H and O–H groups in total. The zero-order chi connectivity index (χ0) is 11.1. The lowest BCUT2D eigenvalue weighted by atomic mass is 10.3. The van der Waals surface area contributed by atoms with Crippen LogP contribution in [-0.2, 0) is 17.5 Å². The normalized spacial score (nSPS) is 20.3. The Morgan fingerprint density at radius 2 is 2.13 bits per heavy atom. The molecular weight excluding hydrogens is 211 g/mol. The van der Waals surface area contributed by atoms with Gasteiger partial charge in [-0.05, 0) is 6.07 Å². The van der Waals surface area contributed by atoms with Gasteiger partial charge in [0.1, 0.15) is 5.69 Å². The number of epoxide rings is 1. The van der Waals surface area contributed by atoms with Gasteiger partial charge >= 0.3 is 6.18 Å². The Morgan fingerprint density at radius 3 is 2.67 bits per heavy atom. The number of pyridine rings is 1. The predicted octanol–water partition coefficient (Wildman–Crippen LogP) is 1.27. The van der Waals surface area contributed by atoms with Crippen molar-refractivity contribution in [2.24, 2.45) is 0 Å². The van der Waals surface area contributed by atoms with Crippen LogP contribution in [0.1, 0.15) is 5.69 Å². The monoisotopic (exact) mass is 219 g/mol. The highest BCUT2D eigenvalue weighted by atomic mass is 19.4. The van der Waals surface area contributed by atoms with Crippen molar-refractivity contribution in [3.05, 3.63) is 34.2 Å². The van der Waals surface area contributed by atoms with Crippen molar-refractivity contribution >= 4 is 0 Å². The minimum absolute atomic E-state index is 0.0332. The molecule has 1 aliphatic rings. The highest BCUT2D eigenvalue weighted by Crippen LogP contribution is 2.28. The van der Waals surface area contributed by atoms with E-state index in [9.17, 15) is 18.0 Å². The molecule has 2 rings (SSSR count). The molecule has 3 nitrogen and oxygen atoms in total. The number of aromatic nitrogens is 1. The van der Waals surface area contributed by atoms with E-state index >= 15 is 0 Å². The summed E-state index contributed by atoms with van der Waals surface area (Å²) >= 11 is 0. The van der Waals surface area contributed by atoms with Gasteiger partial charge in [-0.25, -0.2) is 0 Å². The molecule has 0 bridgehead atoms. The van der Waals surface area contributed by atoms with Crippen LogP contribution in [0.25, 0.3) is 0 Å². The number of hydrogen-bond acceptors (Lipinski definition) is 2. The summed E-state index contributed by atoms with van der Waals surface area (Å²) in [6, 6.07) is 3.11. The minimum atomic E-state index is -4.50. The van der Waals surface area contributed by atoms with Gasteiger partial charge < -0.3 is 9.30 Å². The average molecular weight is 219 g/mol. The first-order valence-corrected chi connectivity index (χ1v) is 4.37. The van der Waals surface area contributed by atoms with Crippen LogP contribution in [0.2, 0.25) is 0 Å². The molecule has 1 aliphatic heterocycles. The molecule has 15 heavy (non-hydrogen) atoms. The molecule has 0 aromatic carbocycles. The van der Waals surface area contributed by atoms with E-state index in [1.54, 1.807) is 0 Å². The molecule has 0 spiro atoms. The van der Waals surface area contributed by atoms with Crippen LogP contribution >= 0.6 is 0 Å². The third kappa shape index (κ3) is 2.20. The van der Waals surface area contributed by atoms with Crippen molar-refractivity contribution in [2.75, 3.05) is 6.61 Å². The van der Waals surface area contributed by atoms with Crippen LogP contribution in [0.15, 0.2) is 23.0 Å². The lowest BCUT2D eigenvalue weighted by Gasteiger charge is -2.13. The smallest absolute Gasteiger partial charge is 0.371 e. The van der Waals surface area contributed by atoms with Crippen LogP contribution in [-0.4, -0.2) is 17.3 Å². The molecule has 1 saturated heterocycles. The number of nitrogens with zero attached hydrogens (tertiary/aromatic N) is 1. The Balaban J connectivity index is 2.43. The zero-order valence-corrected chi connectivity index (χ0v) is 7.62. The van der Waals surface area contributed by atoms with Crippen molar-refractivity contribution in [3.63, 3.8) is 0 Å². The second-order valence-corrected chi connectivity index (χ2v) is 3.31. The Hall–Kier alpha value is -1.30. The fourth-order valence-corrected chi connectivity index (χ4v) is 1.33. The first-order chi connectivity index (χ1) is 6.98. The molecule has 0 amide bonds. The summed E-state index contributed by atoms with van der Waals surface area (Å²) in [5, 5.41) is 0. The second kappa shape index (κ2) is 3.37. The van der Waals surface area contributed by atoms with E-state index in [1.165, 1.54) is 0 Å². The molecule has 82 valence electrons. The summed E-state index contributed by atoms with van der Waals surface area (Å²) in [6.45, 7) is 0.382. The molecule has 0 saturated carbocycles. The zero-order valence-electron chi connectivity index (χ0n) is 7.62. The van der Waals surface area contributed by atoms with Crippen LogP contribution in [0, 0.1) is 0 Å². The first kappa shape index (κ1) is 10.2. The van der Waals surface area contributed by atoms with Gasteiger partial charge in [-0.1, -0.05) is 6.07 Å². The standard InChI is InChI=1S/C9H8F3NO2/c10-9(11,12)7-2-1-3-8(14)13(7)4-6-5-15-6/h1-3,6H,4-5H2/t6-/m0/s1. The second-order valence-electron chi connectivity index (χ2n) is 3.31. The summed E-state index contributed by atoms with van der Waals surface area (Å²) < 4.78 is 43.0. The number of hydrogen-bond donors (Lipinski definition) is 0. The van der Waals surface area contributed by atoms with Crippen molar-refractivity contribution in [2.45, 2.75) is 18.8 Å². The number of halogens is 3. The third-order valence-electron chi connectivity index (χ3n) is 2.13. The Morgan fingerprint density at radius 1 is 1.47 bits per heavy atom. The van der Waals surface area contributed by atoms with Crippen LogP contribution < -0.4 is 5.56 Å². The molecule has 1 aromatic heterocycles. The largest absolute Gasteiger partial charge is 0.431 e. The molecule has 2 heterocycles. The van der Waals surface area contributed by atoms with Gasteiger partial charge in [0.2, 0.25) is 0 Å². The highest BCUT2D eigenvalue weighted by Gasteiger charge is 2.35. The molecule has 1 aromatic rings. The van der Waals surface area contributed by atoms with Gasteiger partial charge in [0.05, 0.1) is 19.3 Å². The predicted molar refractivity (Wildman–Crippen MR) is 45.4 cm³/mol. The van der Waals surface area contributed by atoms with Crippen molar-refractivity contribution < 1.29 is 17.9 Å². The fourth-order valence-electron chi connectivity index (χ4n) is 1.33. The maximum atomic E-state index is 12.5. The topological polar surface area (TPSA) is 34.5 Å². The molecule has 1 fully saturated rings. The maximum absolute atomic E-state index is 12.5. The van der Waals surface area contributed by atoms with Crippen molar-refractivity contribution in [1.29, 1.82) is 0 Å². The number of alkyl halides is 3. The van der Waals surface area contributed by atoms with E-state index in [0.29, 0.717) is 11.2 Å². The Kier molecular flexibility index (Phi) is 2.30. The molecule has 0 radical (unpaired) electrons. The average Bonchev–Trinajstić information content (AvgIpc) is 2.90. The van der Waals surface area contributed by atoms with E-state index in [2.05, 4.69) is 0 Å². The molecule has 0 aliphatic carbocycles. The van der Waals surface area contributed by atoms with Gasteiger partial charge in [0.15, 0.2) is 0 Å². The summed E-state index contributed by atoms with van der Waals surface area (Å²) in [7, 11) is 0. The lowest BCUT2D eigenvalue weighted by Crippen LogP contribution is -2.28. The molecular formula is C9H8F3NO2. The summed E-state index contributed by atoms with van der Waals surface area (Å²) in [6.07, 6.45) is -4.76. The fraction of sp³-hybridized carbons (Fsp3) is 0.444. The lowest BCUT2D eigenvalue weighted by molar-refractivity contribution is -0.144.